The maximum absolute atomic E-state index is 12.8. The van der Waals surface area contributed by atoms with Gasteiger partial charge in [0.1, 0.15) is 0 Å². The van der Waals surface area contributed by atoms with E-state index in [0.29, 0.717) is 34.9 Å². The van der Waals surface area contributed by atoms with Gasteiger partial charge < -0.3 is 24.6 Å². The second kappa shape index (κ2) is 9.61. The zero-order valence-corrected chi connectivity index (χ0v) is 18.6. The molecule has 0 fully saturated rings. The van der Waals surface area contributed by atoms with Crippen LogP contribution in [0.2, 0.25) is 0 Å². The number of benzene rings is 3. The molecular weight excluding hydrogens is 477 g/mol. The average molecular weight is 496 g/mol. The minimum atomic E-state index is -4.42. The maximum Gasteiger partial charge on any atom is 0.416 e. The van der Waals surface area contributed by atoms with Crippen molar-refractivity contribution in [1.82, 2.24) is 15.5 Å². The summed E-state index contributed by atoms with van der Waals surface area (Å²) in [5, 5.41) is 9.80. The number of hydrogen-bond donors (Lipinski definition) is 2. The van der Waals surface area contributed by atoms with Gasteiger partial charge in [0, 0.05) is 17.8 Å². The summed E-state index contributed by atoms with van der Waals surface area (Å²) in [5.74, 6) is 1.39. The fourth-order valence-corrected chi connectivity index (χ4v) is 3.59. The molecule has 3 aromatic carbocycles. The highest BCUT2D eigenvalue weighted by Crippen LogP contribution is 2.33. The smallest absolute Gasteiger partial charge is 0.416 e. The van der Waals surface area contributed by atoms with Crippen molar-refractivity contribution in [3.63, 3.8) is 0 Å². The van der Waals surface area contributed by atoms with Crippen LogP contribution in [0, 0.1) is 0 Å². The number of alkyl halides is 3. The molecule has 0 aliphatic carbocycles. The summed E-state index contributed by atoms with van der Waals surface area (Å²) in [4.78, 5) is 17.1. The SMILES string of the molecule is O=C(NCc1ccc2c(c1)OCO2)c1ccccc1NCc1nc(-c2ccc(C(F)(F)F)cc2)no1. The van der Waals surface area contributed by atoms with Crippen molar-refractivity contribution in [2.45, 2.75) is 19.3 Å². The van der Waals surface area contributed by atoms with Gasteiger partial charge in [0.2, 0.25) is 18.5 Å². The second-order valence-corrected chi connectivity index (χ2v) is 7.86. The van der Waals surface area contributed by atoms with Crippen LogP contribution in [0.1, 0.15) is 27.4 Å². The van der Waals surface area contributed by atoms with Gasteiger partial charge in [0.05, 0.1) is 17.7 Å². The molecule has 0 atom stereocenters. The Morgan fingerprint density at radius 2 is 1.72 bits per heavy atom. The summed E-state index contributed by atoms with van der Waals surface area (Å²) in [6.07, 6.45) is -4.42. The summed E-state index contributed by atoms with van der Waals surface area (Å²) in [6.45, 7) is 0.583. The minimum Gasteiger partial charge on any atom is -0.454 e. The number of nitrogens with one attached hydrogen (secondary N) is 2. The Hall–Kier alpha value is -4.54. The highest BCUT2D eigenvalue weighted by Gasteiger charge is 2.30. The molecule has 11 heteroatoms. The molecule has 2 heterocycles. The lowest BCUT2D eigenvalue weighted by Crippen LogP contribution is -2.24. The van der Waals surface area contributed by atoms with Crippen molar-refractivity contribution >= 4 is 11.6 Å². The lowest BCUT2D eigenvalue weighted by Gasteiger charge is -2.11. The van der Waals surface area contributed by atoms with Crippen LogP contribution in [0.3, 0.4) is 0 Å². The fourth-order valence-electron chi connectivity index (χ4n) is 3.59. The van der Waals surface area contributed by atoms with Gasteiger partial charge in [-0.2, -0.15) is 18.2 Å². The van der Waals surface area contributed by atoms with Gasteiger partial charge >= 0.3 is 6.18 Å². The number of aromatic nitrogens is 2. The molecule has 1 aliphatic rings. The number of carbonyl (C=O) groups is 1. The number of ether oxygens (including phenoxy) is 2. The van der Waals surface area contributed by atoms with Crippen LogP contribution in [0.15, 0.2) is 71.3 Å². The van der Waals surface area contributed by atoms with Gasteiger partial charge in [-0.1, -0.05) is 35.5 Å². The highest BCUT2D eigenvalue weighted by atomic mass is 19.4. The van der Waals surface area contributed by atoms with E-state index in [2.05, 4.69) is 20.8 Å². The fraction of sp³-hybridized carbons (Fsp3) is 0.160. The Balaban J connectivity index is 1.21. The normalized spacial score (nSPS) is 12.4. The van der Waals surface area contributed by atoms with E-state index in [1.165, 1.54) is 12.1 Å². The van der Waals surface area contributed by atoms with Crippen molar-refractivity contribution in [1.29, 1.82) is 0 Å². The first-order valence-corrected chi connectivity index (χ1v) is 10.9. The van der Waals surface area contributed by atoms with Gasteiger partial charge in [0.15, 0.2) is 11.5 Å². The molecule has 1 amide bonds. The van der Waals surface area contributed by atoms with E-state index >= 15 is 0 Å². The zero-order valence-electron chi connectivity index (χ0n) is 18.6. The van der Waals surface area contributed by atoms with Crippen LogP contribution < -0.4 is 20.1 Å². The van der Waals surface area contributed by atoms with Crippen molar-refractivity contribution in [3.05, 3.63) is 89.3 Å². The quantitative estimate of drug-likeness (QED) is 0.371. The molecule has 1 aliphatic heterocycles. The van der Waals surface area contributed by atoms with E-state index < -0.39 is 11.7 Å². The van der Waals surface area contributed by atoms with Crippen LogP contribution in [-0.4, -0.2) is 22.8 Å². The average Bonchev–Trinajstić information content (AvgIpc) is 3.55. The Morgan fingerprint density at radius 1 is 0.944 bits per heavy atom. The Morgan fingerprint density at radius 3 is 2.53 bits per heavy atom. The van der Waals surface area contributed by atoms with Gasteiger partial charge in [-0.25, -0.2) is 0 Å². The Kier molecular flexibility index (Phi) is 6.19. The molecule has 4 aromatic rings. The first-order chi connectivity index (χ1) is 17.4. The number of amides is 1. The lowest BCUT2D eigenvalue weighted by atomic mass is 10.1. The number of nitrogens with zero attached hydrogens (tertiary/aromatic N) is 2. The first-order valence-electron chi connectivity index (χ1n) is 10.9. The minimum absolute atomic E-state index is 0.111. The van der Waals surface area contributed by atoms with E-state index in [9.17, 15) is 18.0 Å². The molecule has 0 saturated heterocycles. The van der Waals surface area contributed by atoms with Crippen molar-refractivity contribution in [3.8, 4) is 22.9 Å². The van der Waals surface area contributed by atoms with Crippen LogP contribution in [0.4, 0.5) is 18.9 Å². The third kappa shape index (κ3) is 5.09. The number of fused-ring (bicyclic) bond motifs is 1. The predicted octanol–water partition coefficient (Wildman–Crippen LogP) is 5.03. The molecular formula is C25H19F3N4O4. The first kappa shape index (κ1) is 23.2. The van der Waals surface area contributed by atoms with E-state index in [0.717, 1.165) is 17.7 Å². The van der Waals surface area contributed by atoms with Crippen LogP contribution in [0.5, 0.6) is 11.5 Å². The number of carbonyl (C=O) groups excluding carboxylic acids is 1. The third-order valence-electron chi connectivity index (χ3n) is 5.43. The third-order valence-corrected chi connectivity index (χ3v) is 5.43. The van der Waals surface area contributed by atoms with Crippen molar-refractivity contribution < 1.29 is 32.0 Å². The Labute approximate surface area is 203 Å². The van der Waals surface area contributed by atoms with Crippen LogP contribution in [-0.2, 0) is 19.3 Å². The van der Waals surface area contributed by atoms with E-state index in [-0.39, 0.29) is 31.0 Å². The molecule has 5 rings (SSSR count). The molecule has 0 bridgehead atoms. The van der Waals surface area contributed by atoms with Crippen molar-refractivity contribution in [2.24, 2.45) is 0 Å². The number of anilines is 1. The second-order valence-electron chi connectivity index (χ2n) is 7.86. The molecule has 0 unspecified atom stereocenters. The topological polar surface area (TPSA) is 98.5 Å². The molecule has 0 radical (unpaired) electrons. The van der Waals surface area contributed by atoms with E-state index in [4.69, 9.17) is 14.0 Å². The number of hydrogen-bond acceptors (Lipinski definition) is 7. The number of halogens is 3. The summed E-state index contributed by atoms with van der Waals surface area (Å²) in [6, 6.07) is 16.9. The maximum atomic E-state index is 12.8. The number of para-hydroxylation sites is 1. The highest BCUT2D eigenvalue weighted by molar-refractivity contribution is 5.99. The van der Waals surface area contributed by atoms with E-state index in [1.807, 2.05) is 12.1 Å². The van der Waals surface area contributed by atoms with Crippen LogP contribution in [0.25, 0.3) is 11.4 Å². The van der Waals surface area contributed by atoms with Crippen molar-refractivity contribution in [2.75, 3.05) is 12.1 Å². The molecule has 2 N–H and O–H groups in total. The molecule has 36 heavy (non-hydrogen) atoms. The van der Waals surface area contributed by atoms with Gasteiger partial charge in [-0.05, 0) is 42.0 Å². The molecule has 0 spiro atoms. The zero-order chi connectivity index (χ0) is 25.1. The monoisotopic (exact) mass is 496 g/mol. The number of rotatable bonds is 7. The summed E-state index contributed by atoms with van der Waals surface area (Å²) in [7, 11) is 0. The predicted molar refractivity (Wildman–Crippen MR) is 122 cm³/mol. The molecule has 184 valence electrons. The van der Waals surface area contributed by atoms with Gasteiger partial charge in [-0.15, -0.1) is 0 Å². The molecule has 1 aromatic heterocycles. The lowest BCUT2D eigenvalue weighted by molar-refractivity contribution is -0.137. The molecule has 0 saturated carbocycles. The summed E-state index contributed by atoms with van der Waals surface area (Å²) < 4.78 is 54.2. The van der Waals surface area contributed by atoms with Crippen LogP contribution >= 0.6 is 0 Å². The summed E-state index contributed by atoms with van der Waals surface area (Å²) in [5.41, 5.74) is 1.46. The summed E-state index contributed by atoms with van der Waals surface area (Å²) >= 11 is 0. The van der Waals surface area contributed by atoms with E-state index in [1.54, 1.807) is 30.3 Å². The largest absolute Gasteiger partial charge is 0.454 e. The van der Waals surface area contributed by atoms with Gasteiger partial charge in [-0.3, -0.25) is 4.79 Å². The Bertz CT molecular complexity index is 1390. The van der Waals surface area contributed by atoms with Gasteiger partial charge in [0.25, 0.3) is 5.91 Å². The standard InChI is InChI=1S/C25H19F3N4O4/c26-25(27,28)17-8-6-16(7-9-17)23-31-22(36-32-23)13-29-19-4-2-1-3-18(19)24(33)30-12-15-5-10-20-21(11-15)35-14-34-20/h1-11,29H,12-14H2,(H,30,33). The molecule has 8 nitrogen and oxygen atoms in total.